The van der Waals surface area contributed by atoms with Crippen LogP contribution in [0, 0.1) is 0 Å². The topological polar surface area (TPSA) is 56.8 Å². The minimum absolute atomic E-state index is 0.0974. The van der Waals surface area contributed by atoms with E-state index in [1.54, 1.807) is 0 Å². The summed E-state index contributed by atoms with van der Waals surface area (Å²) >= 11 is 0. The summed E-state index contributed by atoms with van der Waals surface area (Å²) in [6.07, 6.45) is 2.24. The van der Waals surface area contributed by atoms with Crippen LogP contribution in [0.1, 0.15) is 19.8 Å². The highest BCUT2D eigenvalue weighted by Gasteiger charge is 1.97. The first-order valence-corrected chi connectivity index (χ1v) is 5.72. The Hall–Kier alpha value is -0.650. The van der Waals surface area contributed by atoms with Crippen LogP contribution >= 0.6 is 0 Å². The Kier molecular flexibility index (Phi) is 11.9. The average molecular weight is 233 g/mol. The molecule has 0 aromatic carbocycles. The van der Waals surface area contributed by atoms with Crippen molar-refractivity contribution in [1.29, 1.82) is 0 Å². The average Bonchev–Trinajstić information content (AvgIpc) is 2.27. The van der Waals surface area contributed by atoms with Gasteiger partial charge in [-0.2, -0.15) is 0 Å². The van der Waals surface area contributed by atoms with E-state index < -0.39 is 0 Å². The molecule has 0 heterocycles. The first kappa shape index (κ1) is 15.3. The van der Waals surface area contributed by atoms with Gasteiger partial charge in [-0.1, -0.05) is 13.3 Å². The number of unbranched alkanes of at least 4 members (excludes halogenated alkanes) is 1. The van der Waals surface area contributed by atoms with Gasteiger partial charge >= 0.3 is 0 Å². The van der Waals surface area contributed by atoms with E-state index in [0.29, 0.717) is 26.4 Å². The molecule has 0 aliphatic rings. The summed E-state index contributed by atoms with van der Waals surface area (Å²) in [7, 11) is 1.49. The van der Waals surface area contributed by atoms with Crippen LogP contribution in [-0.4, -0.2) is 52.6 Å². The zero-order valence-electron chi connectivity index (χ0n) is 10.3. The fourth-order valence-corrected chi connectivity index (χ4v) is 1.01. The molecular weight excluding hydrogens is 210 g/mol. The van der Waals surface area contributed by atoms with Crippen LogP contribution in [0.3, 0.4) is 0 Å². The van der Waals surface area contributed by atoms with Gasteiger partial charge in [-0.05, 0) is 6.42 Å². The van der Waals surface area contributed by atoms with E-state index in [4.69, 9.17) is 9.47 Å². The van der Waals surface area contributed by atoms with Crippen LogP contribution in [-0.2, 0) is 19.0 Å². The van der Waals surface area contributed by atoms with Crippen molar-refractivity contribution in [1.82, 2.24) is 5.32 Å². The molecule has 0 unspecified atom stereocenters. The fraction of sp³-hybridized carbons (Fsp3) is 0.909. The summed E-state index contributed by atoms with van der Waals surface area (Å²) < 4.78 is 15.2. The van der Waals surface area contributed by atoms with Crippen LogP contribution in [0.15, 0.2) is 0 Å². The van der Waals surface area contributed by atoms with E-state index >= 15 is 0 Å². The molecular formula is C11H23NO4. The van der Waals surface area contributed by atoms with Crippen molar-refractivity contribution < 1.29 is 19.0 Å². The van der Waals surface area contributed by atoms with Gasteiger partial charge in [-0.25, -0.2) is 0 Å². The first-order chi connectivity index (χ1) is 7.81. The maximum atomic E-state index is 10.9. The van der Waals surface area contributed by atoms with Gasteiger partial charge in [0.25, 0.3) is 0 Å². The summed E-state index contributed by atoms with van der Waals surface area (Å²) in [4.78, 5) is 10.9. The van der Waals surface area contributed by atoms with Crippen molar-refractivity contribution in [3.8, 4) is 0 Å². The van der Waals surface area contributed by atoms with Crippen LogP contribution in [0.4, 0.5) is 0 Å². The number of hydrogen-bond donors (Lipinski definition) is 1. The SMILES string of the molecule is CCCCOCCOCCNC(=O)COC. The Morgan fingerprint density at radius 3 is 2.44 bits per heavy atom. The predicted octanol–water partition coefficient (Wildman–Crippen LogP) is 0.582. The zero-order chi connectivity index (χ0) is 12.1. The zero-order valence-corrected chi connectivity index (χ0v) is 10.3. The summed E-state index contributed by atoms with van der Waals surface area (Å²) in [5.74, 6) is -0.120. The number of amides is 1. The lowest BCUT2D eigenvalue weighted by Crippen LogP contribution is -2.30. The number of nitrogens with one attached hydrogen (secondary N) is 1. The summed E-state index contributed by atoms with van der Waals surface area (Å²) in [5.41, 5.74) is 0. The molecule has 0 aromatic rings. The molecule has 5 heteroatoms. The third-order valence-electron chi connectivity index (χ3n) is 1.86. The van der Waals surface area contributed by atoms with Crippen molar-refractivity contribution in [2.45, 2.75) is 19.8 Å². The Morgan fingerprint density at radius 1 is 1.12 bits per heavy atom. The lowest BCUT2D eigenvalue weighted by Gasteiger charge is -2.06. The van der Waals surface area contributed by atoms with Crippen LogP contribution < -0.4 is 5.32 Å². The van der Waals surface area contributed by atoms with Gasteiger partial charge in [0, 0.05) is 20.3 Å². The van der Waals surface area contributed by atoms with E-state index in [-0.39, 0.29) is 12.5 Å². The minimum Gasteiger partial charge on any atom is -0.379 e. The molecule has 0 atom stereocenters. The van der Waals surface area contributed by atoms with Gasteiger partial charge in [0.1, 0.15) is 6.61 Å². The largest absolute Gasteiger partial charge is 0.379 e. The second kappa shape index (κ2) is 12.4. The number of ether oxygens (including phenoxy) is 3. The lowest BCUT2D eigenvalue weighted by atomic mass is 10.4. The van der Waals surface area contributed by atoms with Crippen LogP contribution in [0.5, 0.6) is 0 Å². The van der Waals surface area contributed by atoms with Crippen molar-refractivity contribution in [3.63, 3.8) is 0 Å². The summed E-state index contributed by atoms with van der Waals surface area (Å²) in [6.45, 7) is 5.23. The highest BCUT2D eigenvalue weighted by Crippen LogP contribution is 1.87. The molecule has 0 radical (unpaired) electrons. The molecule has 0 fully saturated rings. The van der Waals surface area contributed by atoms with Gasteiger partial charge in [-0.3, -0.25) is 4.79 Å². The fourth-order valence-electron chi connectivity index (χ4n) is 1.01. The third-order valence-corrected chi connectivity index (χ3v) is 1.86. The Morgan fingerprint density at radius 2 is 1.81 bits per heavy atom. The highest BCUT2D eigenvalue weighted by molar-refractivity contribution is 5.77. The van der Waals surface area contributed by atoms with E-state index in [1.165, 1.54) is 7.11 Å². The van der Waals surface area contributed by atoms with Crippen LogP contribution in [0.25, 0.3) is 0 Å². The smallest absolute Gasteiger partial charge is 0.246 e. The van der Waals surface area contributed by atoms with E-state index in [0.717, 1.165) is 19.4 Å². The van der Waals surface area contributed by atoms with Gasteiger partial charge in [-0.15, -0.1) is 0 Å². The van der Waals surface area contributed by atoms with Crippen LogP contribution in [0.2, 0.25) is 0 Å². The maximum absolute atomic E-state index is 10.9. The van der Waals surface area contributed by atoms with Gasteiger partial charge < -0.3 is 19.5 Å². The molecule has 0 aliphatic heterocycles. The number of carbonyl (C=O) groups is 1. The van der Waals surface area contributed by atoms with Gasteiger partial charge in [0.05, 0.1) is 19.8 Å². The third kappa shape index (κ3) is 11.4. The van der Waals surface area contributed by atoms with E-state index in [9.17, 15) is 4.79 Å². The molecule has 1 amide bonds. The molecule has 16 heavy (non-hydrogen) atoms. The standard InChI is InChI=1S/C11H23NO4/c1-3-4-6-15-8-9-16-7-5-12-11(13)10-14-2/h3-10H2,1-2H3,(H,12,13). The second-order valence-corrected chi connectivity index (χ2v) is 3.36. The Bertz CT molecular complexity index is 164. The van der Waals surface area contributed by atoms with Crippen molar-refractivity contribution >= 4 is 5.91 Å². The predicted molar refractivity (Wildman–Crippen MR) is 61.4 cm³/mol. The lowest BCUT2D eigenvalue weighted by molar-refractivity contribution is -0.124. The number of methoxy groups -OCH3 is 1. The maximum Gasteiger partial charge on any atom is 0.246 e. The van der Waals surface area contributed by atoms with Crippen molar-refractivity contribution in [3.05, 3.63) is 0 Å². The molecule has 0 saturated carbocycles. The minimum atomic E-state index is -0.120. The molecule has 0 rings (SSSR count). The number of rotatable bonds is 11. The molecule has 96 valence electrons. The molecule has 1 N–H and O–H groups in total. The molecule has 5 nitrogen and oxygen atoms in total. The summed E-state index contributed by atoms with van der Waals surface area (Å²) in [5, 5.41) is 2.67. The summed E-state index contributed by atoms with van der Waals surface area (Å²) in [6, 6.07) is 0. The molecule has 0 spiro atoms. The number of hydrogen-bond acceptors (Lipinski definition) is 4. The Balaban J connectivity index is 3.01. The number of carbonyl (C=O) groups excluding carboxylic acids is 1. The monoisotopic (exact) mass is 233 g/mol. The molecule has 0 aromatic heterocycles. The van der Waals surface area contributed by atoms with Gasteiger partial charge in [0.2, 0.25) is 5.91 Å². The molecule has 0 bridgehead atoms. The Labute approximate surface area is 97.4 Å². The first-order valence-electron chi connectivity index (χ1n) is 5.72. The normalized spacial score (nSPS) is 10.4. The molecule has 0 saturated heterocycles. The van der Waals surface area contributed by atoms with Gasteiger partial charge in [0.15, 0.2) is 0 Å². The van der Waals surface area contributed by atoms with Crippen molar-refractivity contribution in [2.24, 2.45) is 0 Å². The second-order valence-electron chi connectivity index (χ2n) is 3.36. The van der Waals surface area contributed by atoms with E-state index in [2.05, 4.69) is 17.0 Å². The quantitative estimate of drug-likeness (QED) is 0.530. The highest BCUT2D eigenvalue weighted by atomic mass is 16.5. The van der Waals surface area contributed by atoms with Crippen molar-refractivity contribution in [2.75, 3.05) is 46.7 Å². The van der Waals surface area contributed by atoms with E-state index in [1.807, 2.05) is 0 Å². The molecule has 0 aliphatic carbocycles.